The van der Waals surface area contributed by atoms with Crippen LogP contribution in [0.5, 0.6) is 0 Å². The summed E-state index contributed by atoms with van der Waals surface area (Å²) in [6.45, 7) is 4.05. The standard InChI is InChI=1S/C14H20N2O2S/c1-9-3-6-14(7-4-9,13(15)19)16-12(17)11-10(2)5-8-18-11/h5,8-9H,3-4,6-7H2,1-2H3,(H2,15,19)(H,16,17). The molecule has 1 saturated carbocycles. The Morgan fingerprint density at radius 2 is 2.16 bits per heavy atom. The van der Waals surface area contributed by atoms with Crippen LogP contribution in [0.4, 0.5) is 0 Å². The number of nitrogens with two attached hydrogens (primary N) is 1. The first-order chi connectivity index (χ1) is 8.94. The summed E-state index contributed by atoms with van der Waals surface area (Å²) in [4.78, 5) is 12.6. The zero-order valence-electron chi connectivity index (χ0n) is 11.4. The Bertz CT molecular complexity index is 487. The maximum atomic E-state index is 12.3. The van der Waals surface area contributed by atoms with Crippen molar-refractivity contribution in [2.24, 2.45) is 11.7 Å². The van der Waals surface area contributed by atoms with E-state index in [0.717, 1.165) is 31.2 Å². The molecule has 0 radical (unpaired) electrons. The predicted octanol–water partition coefficient (Wildman–Crippen LogP) is 2.55. The molecular formula is C14H20N2O2S. The van der Waals surface area contributed by atoms with Gasteiger partial charge in [0.1, 0.15) is 0 Å². The second-order valence-corrected chi connectivity index (χ2v) is 5.96. The largest absolute Gasteiger partial charge is 0.459 e. The lowest BCUT2D eigenvalue weighted by Crippen LogP contribution is -2.58. The van der Waals surface area contributed by atoms with E-state index in [2.05, 4.69) is 12.2 Å². The van der Waals surface area contributed by atoms with Crippen LogP contribution in [0.2, 0.25) is 0 Å². The van der Waals surface area contributed by atoms with Crippen LogP contribution in [-0.2, 0) is 0 Å². The van der Waals surface area contributed by atoms with Crippen molar-refractivity contribution in [3.63, 3.8) is 0 Å². The fourth-order valence-corrected chi connectivity index (χ4v) is 2.82. The second-order valence-electron chi connectivity index (χ2n) is 5.52. The average Bonchev–Trinajstić information content (AvgIpc) is 2.78. The number of hydrogen-bond acceptors (Lipinski definition) is 3. The third-order valence-corrected chi connectivity index (χ3v) is 4.41. The number of carbonyl (C=O) groups is 1. The molecule has 0 unspecified atom stereocenters. The highest BCUT2D eigenvalue weighted by molar-refractivity contribution is 7.80. The lowest BCUT2D eigenvalue weighted by atomic mass is 9.77. The van der Waals surface area contributed by atoms with Gasteiger partial charge in [-0.25, -0.2) is 0 Å². The van der Waals surface area contributed by atoms with E-state index in [9.17, 15) is 4.79 Å². The van der Waals surface area contributed by atoms with E-state index >= 15 is 0 Å². The quantitative estimate of drug-likeness (QED) is 0.835. The van der Waals surface area contributed by atoms with E-state index in [1.54, 1.807) is 6.07 Å². The van der Waals surface area contributed by atoms with Gasteiger partial charge in [0.05, 0.1) is 16.8 Å². The van der Waals surface area contributed by atoms with Crippen LogP contribution in [0, 0.1) is 12.8 Å². The van der Waals surface area contributed by atoms with Crippen molar-refractivity contribution >= 4 is 23.1 Å². The molecule has 3 N–H and O–H groups in total. The molecule has 1 fully saturated rings. The van der Waals surface area contributed by atoms with Crippen molar-refractivity contribution in [2.75, 3.05) is 0 Å². The molecule has 0 aromatic carbocycles. The van der Waals surface area contributed by atoms with Crippen molar-refractivity contribution in [1.29, 1.82) is 0 Å². The molecule has 19 heavy (non-hydrogen) atoms. The predicted molar refractivity (Wildman–Crippen MR) is 78.1 cm³/mol. The summed E-state index contributed by atoms with van der Waals surface area (Å²) in [5.74, 6) is 0.767. The number of thiocarbonyl (C=S) groups is 1. The van der Waals surface area contributed by atoms with Gasteiger partial charge < -0.3 is 15.5 Å². The highest BCUT2D eigenvalue weighted by Crippen LogP contribution is 2.32. The van der Waals surface area contributed by atoms with Crippen LogP contribution < -0.4 is 11.1 Å². The van der Waals surface area contributed by atoms with Gasteiger partial charge in [-0.15, -0.1) is 0 Å². The normalized spacial score (nSPS) is 26.9. The van der Waals surface area contributed by atoms with Gasteiger partial charge in [0.25, 0.3) is 5.91 Å². The van der Waals surface area contributed by atoms with Crippen LogP contribution in [0.1, 0.15) is 48.7 Å². The molecular weight excluding hydrogens is 260 g/mol. The van der Waals surface area contributed by atoms with Gasteiger partial charge in [0, 0.05) is 5.56 Å². The average molecular weight is 280 g/mol. The highest BCUT2D eigenvalue weighted by Gasteiger charge is 2.39. The lowest BCUT2D eigenvalue weighted by Gasteiger charge is -2.39. The van der Waals surface area contributed by atoms with Gasteiger partial charge >= 0.3 is 0 Å². The van der Waals surface area contributed by atoms with Crippen molar-refractivity contribution < 1.29 is 9.21 Å². The molecule has 0 aliphatic heterocycles. The molecule has 1 heterocycles. The van der Waals surface area contributed by atoms with E-state index in [4.69, 9.17) is 22.4 Å². The smallest absolute Gasteiger partial charge is 0.288 e. The van der Waals surface area contributed by atoms with Crippen molar-refractivity contribution in [1.82, 2.24) is 5.32 Å². The number of aryl methyl sites for hydroxylation is 1. The van der Waals surface area contributed by atoms with Crippen LogP contribution >= 0.6 is 12.2 Å². The Kier molecular flexibility index (Phi) is 3.94. The Labute approximate surface area is 118 Å². The number of rotatable bonds is 3. The molecule has 2 rings (SSSR count). The first kappa shape index (κ1) is 14.1. The van der Waals surface area contributed by atoms with E-state index in [0.29, 0.717) is 16.7 Å². The SMILES string of the molecule is Cc1ccoc1C(=O)NC1(C(N)=S)CCC(C)CC1. The summed E-state index contributed by atoms with van der Waals surface area (Å²) in [6.07, 6.45) is 5.16. The zero-order chi connectivity index (χ0) is 14.0. The van der Waals surface area contributed by atoms with Gasteiger partial charge in [-0.05, 0) is 44.6 Å². The number of hydrogen-bond donors (Lipinski definition) is 2. The molecule has 4 nitrogen and oxygen atoms in total. The maximum absolute atomic E-state index is 12.3. The number of nitrogens with one attached hydrogen (secondary N) is 1. The Balaban J connectivity index is 2.16. The van der Waals surface area contributed by atoms with Gasteiger partial charge in [0.2, 0.25) is 0 Å². The summed E-state index contributed by atoms with van der Waals surface area (Å²) in [7, 11) is 0. The van der Waals surface area contributed by atoms with E-state index in [-0.39, 0.29) is 5.91 Å². The number of furan rings is 1. The van der Waals surface area contributed by atoms with Crippen molar-refractivity contribution in [3.05, 3.63) is 23.7 Å². The Hall–Kier alpha value is -1.36. The Morgan fingerprint density at radius 3 is 2.63 bits per heavy atom. The van der Waals surface area contributed by atoms with E-state index < -0.39 is 5.54 Å². The third-order valence-electron chi connectivity index (χ3n) is 4.02. The lowest BCUT2D eigenvalue weighted by molar-refractivity contribution is 0.0871. The monoisotopic (exact) mass is 280 g/mol. The van der Waals surface area contributed by atoms with Crippen LogP contribution in [0.25, 0.3) is 0 Å². The molecule has 0 atom stereocenters. The third kappa shape index (κ3) is 2.81. The molecule has 0 spiro atoms. The summed E-state index contributed by atoms with van der Waals surface area (Å²) >= 11 is 5.18. The minimum atomic E-state index is -0.557. The summed E-state index contributed by atoms with van der Waals surface area (Å²) < 4.78 is 5.22. The molecule has 1 aromatic heterocycles. The molecule has 1 aliphatic rings. The second kappa shape index (κ2) is 5.33. The van der Waals surface area contributed by atoms with Gasteiger partial charge in [0.15, 0.2) is 5.76 Å². The zero-order valence-corrected chi connectivity index (χ0v) is 12.2. The summed E-state index contributed by atoms with van der Waals surface area (Å²) in [5, 5.41) is 3.00. The minimum absolute atomic E-state index is 0.232. The van der Waals surface area contributed by atoms with Crippen LogP contribution in [0.3, 0.4) is 0 Å². The fourth-order valence-electron chi connectivity index (χ4n) is 2.57. The van der Waals surface area contributed by atoms with E-state index in [1.165, 1.54) is 6.26 Å². The van der Waals surface area contributed by atoms with Crippen molar-refractivity contribution in [2.45, 2.75) is 45.1 Å². The van der Waals surface area contributed by atoms with Crippen LogP contribution in [0.15, 0.2) is 16.7 Å². The minimum Gasteiger partial charge on any atom is -0.459 e. The molecule has 104 valence electrons. The maximum Gasteiger partial charge on any atom is 0.288 e. The number of carbonyl (C=O) groups excluding carboxylic acids is 1. The summed E-state index contributed by atoms with van der Waals surface area (Å²) in [5.41, 5.74) is 6.14. The van der Waals surface area contributed by atoms with Crippen LogP contribution in [-0.4, -0.2) is 16.4 Å². The summed E-state index contributed by atoms with van der Waals surface area (Å²) in [6, 6.07) is 1.77. The molecule has 1 aliphatic carbocycles. The van der Waals surface area contributed by atoms with Gasteiger partial charge in [-0.2, -0.15) is 0 Å². The van der Waals surface area contributed by atoms with Gasteiger partial charge in [-0.1, -0.05) is 19.1 Å². The Morgan fingerprint density at radius 1 is 1.53 bits per heavy atom. The molecule has 0 saturated heterocycles. The van der Waals surface area contributed by atoms with E-state index in [1.807, 2.05) is 6.92 Å². The molecule has 1 amide bonds. The topological polar surface area (TPSA) is 68.3 Å². The fraction of sp³-hybridized carbons (Fsp3) is 0.571. The highest BCUT2D eigenvalue weighted by atomic mass is 32.1. The van der Waals surface area contributed by atoms with Gasteiger partial charge in [-0.3, -0.25) is 4.79 Å². The van der Waals surface area contributed by atoms with Crippen molar-refractivity contribution in [3.8, 4) is 0 Å². The first-order valence-electron chi connectivity index (χ1n) is 6.61. The molecule has 0 bridgehead atoms. The molecule has 5 heteroatoms. The first-order valence-corrected chi connectivity index (χ1v) is 7.02. The molecule has 1 aromatic rings. The number of amides is 1.